The second-order valence-corrected chi connectivity index (χ2v) is 5.28. The maximum atomic E-state index is 13.3. The normalized spacial score (nSPS) is 16.3. The van der Waals surface area contributed by atoms with Gasteiger partial charge in [0.2, 0.25) is 0 Å². The quantitative estimate of drug-likeness (QED) is 0.618. The number of benzene rings is 1. The van der Waals surface area contributed by atoms with Gasteiger partial charge in [-0.15, -0.1) is 0 Å². The summed E-state index contributed by atoms with van der Waals surface area (Å²) in [4.78, 5) is 25.0. The van der Waals surface area contributed by atoms with Gasteiger partial charge in [-0.3, -0.25) is 9.59 Å². The van der Waals surface area contributed by atoms with E-state index in [0.29, 0.717) is 25.0 Å². The Kier molecular flexibility index (Phi) is 4.91. The molecule has 4 nitrogen and oxygen atoms in total. The zero-order valence-corrected chi connectivity index (χ0v) is 12.3. The van der Waals surface area contributed by atoms with Crippen molar-refractivity contribution in [2.24, 2.45) is 5.92 Å². The SMILES string of the molecule is COC(=O)C1CCN(C(=O)c2ccc(F)c(C(F)(F)F)c2)CC1. The molecule has 23 heavy (non-hydrogen) atoms. The lowest BCUT2D eigenvalue weighted by Gasteiger charge is -2.30. The highest BCUT2D eigenvalue weighted by atomic mass is 19.4. The number of likely N-dealkylation sites (tertiary alicyclic amines) is 1. The molecule has 0 saturated carbocycles. The van der Waals surface area contributed by atoms with E-state index in [-0.39, 0.29) is 30.5 Å². The Morgan fingerprint density at radius 3 is 2.35 bits per heavy atom. The molecule has 1 amide bonds. The molecule has 0 aliphatic carbocycles. The largest absolute Gasteiger partial charge is 0.469 e. The topological polar surface area (TPSA) is 46.6 Å². The smallest absolute Gasteiger partial charge is 0.419 e. The first-order valence-corrected chi connectivity index (χ1v) is 6.98. The van der Waals surface area contributed by atoms with E-state index in [2.05, 4.69) is 4.74 Å². The van der Waals surface area contributed by atoms with Gasteiger partial charge >= 0.3 is 12.1 Å². The number of rotatable bonds is 2. The molecule has 0 bridgehead atoms. The summed E-state index contributed by atoms with van der Waals surface area (Å²) in [5.74, 6) is -2.71. The molecule has 1 saturated heterocycles. The molecule has 1 aliphatic rings. The number of halogens is 4. The molecule has 0 unspecified atom stereocenters. The maximum absolute atomic E-state index is 13.3. The third-order valence-electron chi connectivity index (χ3n) is 3.84. The predicted octanol–water partition coefficient (Wildman–Crippen LogP) is 2.87. The van der Waals surface area contributed by atoms with Crippen molar-refractivity contribution >= 4 is 11.9 Å². The van der Waals surface area contributed by atoms with E-state index in [4.69, 9.17) is 0 Å². The summed E-state index contributed by atoms with van der Waals surface area (Å²) in [7, 11) is 1.27. The average molecular weight is 333 g/mol. The minimum absolute atomic E-state index is 0.227. The molecule has 0 spiro atoms. The molecule has 1 fully saturated rings. The molecule has 8 heteroatoms. The van der Waals surface area contributed by atoms with Crippen molar-refractivity contribution in [3.8, 4) is 0 Å². The molecular formula is C15H15F4NO3. The Labute approximate surface area is 130 Å². The second kappa shape index (κ2) is 6.55. The summed E-state index contributed by atoms with van der Waals surface area (Å²) in [5.41, 5.74) is -1.69. The second-order valence-electron chi connectivity index (χ2n) is 5.28. The van der Waals surface area contributed by atoms with Gasteiger partial charge in [0, 0.05) is 18.7 Å². The Bertz CT molecular complexity index is 607. The van der Waals surface area contributed by atoms with Crippen LogP contribution < -0.4 is 0 Å². The summed E-state index contributed by atoms with van der Waals surface area (Å²) in [6, 6.07) is 2.18. The van der Waals surface area contributed by atoms with Gasteiger partial charge in [0.1, 0.15) is 5.82 Å². The average Bonchev–Trinajstić information content (AvgIpc) is 2.53. The first-order valence-electron chi connectivity index (χ1n) is 6.98. The van der Waals surface area contributed by atoms with Gasteiger partial charge in [0.25, 0.3) is 5.91 Å². The van der Waals surface area contributed by atoms with E-state index in [1.54, 1.807) is 0 Å². The van der Waals surface area contributed by atoms with Gasteiger partial charge in [0.05, 0.1) is 18.6 Å². The lowest BCUT2D eigenvalue weighted by molar-refractivity contribution is -0.147. The zero-order valence-electron chi connectivity index (χ0n) is 12.3. The number of amides is 1. The third kappa shape index (κ3) is 3.80. The minimum atomic E-state index is -4.86. The van der Waals surface area contributed by atoms with Crippen LogP contribution in [0.15, 0.2) is 18.2 Å². The van der Waals surface area contributed by atoms with Crippen molar-refractivity contribution in [2.45, 2.75) is 19.0 Å². The molecule has 1 aromatic carbocycles. The van der Waals surface area contributed by atoms with Crippen molar-refractivity contribution in [1.82, 2.24) is 4.90 Å². The fourth-order valence-corrected chi connectivity index (χ4v) is 2.54. The molecule has 1 aromatic rings. The number of nitrogens with zero attached hydrogens (tertiary/aromatic N) is 1. The number of esters is 1. The van der Waals surface area contributed by atoms with Crippen LogP contribution in [0.4, 0.5) is 17.6 Å². The monoisotopic (exact) mass is 333 g/mol. The molecule has 0 atom stereocenters. The van der Waals surface area contributed by atoms with E-state index in [1.165, 1.54) is 12.0 Å². The number of piperidine rings is 1. The molecule has 1 heterocycles. The van der Waals surface area contributed by atoms with E-state index in [1.807, 2.05) is 0 Å². The van der Waals surface area contributed by atoms with E-state index >= 15 is 0 Å². The van der Waals surface area contributed by atoms with Crippen molar-refractivity contribution in [2.75, 3.05) is 20.2 Å². The fourth-order valence-electron chi connectivity index (χ4n) is 2.54. The number of hydrogen-bond donors (Lipinski definition) is 0. The van der Waals surface area contributed by atoms with Crippen LogP contribution in [0.1, 0.15) is 28.8 Å². The van der Waals surface area contributed by atoms with Crippen LogP contribution >= 0.6 is 0 Å². The Morgan fingerprint density at radius 2 is 1.83 bits per heavy atom. The standard InChI is InChI=1S/C15H15F4NO3/c1-23-14(22)9-4-6-20(7-5-9)13(21)10-2-3-12(16)11(8-10)15(17,18)19/h2-3,8-9H,4-7H2,1H3. The highest BCUT2D eigenvalue weighted by Crippen LogP contribution is 2.32. The van der Waals surface area contributed by atoms with Gasteiger partial charge < -0.3 is 9.64 Å². The van der Waals surface area contributed by atoms with Crippen LogP contribution in [0.3, 0.4) is 0 Å². The van der Waals surface area contributed by atoms with Crippen LogP contribution in [0.5, 0.6) is 0 Å². The lowest BCUT2D eigenvalue weighted by atomic mass is 9.96. The van der Waals surface area contributed by atoms with Crippen molar-refractivity contribution in [3.05, 3.63) is 35.1 Å². The molecule has 2 rings (SSSR count). The number of carbonyl (C=O) groups excluding carboxylic acids is 2. The summed E-state index contributed by atoms with van der Waals surface area (Å²) >= 11 is 0. The van der Waals surface area contributed by atoms with E-state index in [9.17, 15) is 27.2 Å². The summed E-state index contributed by atoms with van der Waals surface area (Å²) in [5, 5.41) is 0. The molecular weight excluding hydrogens is 318 g/mol. The van der Waals surface area contributed by atoms with Crippen molar-refractivity contribution < 1.29 is 31.9 Å². The van der Waals surface area contributed by atoms with Crippen LogP contribution in [-0.2, 0) is 15.7 Å². The molecule has 1 aliphatic heterocycles. The van der Waals surface area contributed by atoms with E-state index in [0.717, 1.165) is 6.07 Å². The van der Waals surface area contributed by atoms with Crippen LogP contribution in [0, 0.1) is 11.7 Å². The van der Waals surface area contributed by atoms with Gasteiger partial charge in [0.15, 0.2) is 0 Å². The summed E-state index contributed by atoms with van der Waals surface area (Å²) in [6.07, 6.45) is -4.10. The minimum Gasteiger partial charge on any atom is -0.469 e. The zero-order chi connectivity index (χ0) is 17.2. The molecule has 0 radical (unpaired) electrons. The number of methoxy groups -OCH3 is 1. The van der Waals surface area contributed by atoms with Crippen LogP contribution in [-0.4, -0.2) is 37.0 Å². The number of hydrogen-bond acceptors (Lipinski definition) is 3. The first-order chi connectivity index (χ1) is 10.7. The lowest BCUT2D eigenvalue weighted by Crippen LogP contribution is -2.40. The highest BCUT2D eigenvalue weighted by molar-refractivity contribution is 5.94. The number of ether oxygens (including phenoxy) is 1. The number of carbonyl (C=O) groups is 2. The Balaban J connectivity index is 2.12. The fraction of sp³-hybridized carbons (Fsp3) is 0.467. The highest BCUT2D eigenvalue weighted by Gasteiger charge is 2.35. The molecule has 0 N–H and O–H groups in total. The van der Waals surface area contributed by atoms with Gasteiger partial charge in [-0.25, -0.2) is 4.39 Å². The van der Waals surface area contributed by atoms with Gasteiger partial charge in [-0.05, 0) is 31.0 Å². The van der Waals surface area contributed by atoms with Crippen molar-refractivity contribution in [1.29, 1.82) is 0 Å². The van der Waals surface area contributed by atoms with Crippen LogP contribution in [0.25, 0.3) is 0 Å². The number of alkyl halides is 3. The Morgan fingerprint density at radius 1 is 1.22 bits per heavy atom. The van der Waals surface area contributed by atoms with Gasteiger partial charge in [-0.1, -0.05) is 0 Å². The summed E-state index contributed by atoms with van der Waals surface area (Å²) < 4.78 is 56.0. The van der Waals surface area contributed by atoms with Gasteiger partial charge in [-0.2, -0.15) is 13.2 Å². The predicted molar refractivity (Wildman–Crippen MR) is 72.0 cm³/mol. The maximum Gasteiger partial charge on any atom is 0.419 e. The molecule has 126 valence electrons. The first kappa shape index (κ1) is 17.2. The van der Waals surface area contributed by atoms with Crippen LogP contribution in [0.2, 0.25) is 0 Å². The van der Waals surface area contributed by atoms with Crippen molar-refractivity contribution in [3.63, 3.8) is 0 Å². The third-order valence-corrected chi connectivity index (χ3v) is 3.84. The molecule has 0 aromatic heterocycles. The van der Waals surface area contributed by atoms with E-state index < -0.39 is 23.5 Å². The summed E-state index contributed by atoms with van der Waals surface area (Å²) in [6.45, 7) is 0.467. The Hall–Kier alpha value is -2.12.